The molecule has 16 heavy (non-hydrogen) atoms. The number of alkyl halides is 3. The molecular weight excluding hydrogens is 302 g/mol. The van der Waals surface area contributed by atoms with Crippen molar-refractivity contribution in [2.75, 3.05) is 6.26 Å². The van der Waals surface area contributed by atoms with E-state index in [9.17, 15) is 13.2 Å². The molecule has 0 aromatic heterocycles. The zero-order valence-corrected chi connectivity index (χ0v) is 11.2. The molecule has 0 aromatic rings. The maximum Gasteiger partial charge on any atom is 0.293 e. The van der Waals surface area contributed by atoms with Crippen LogP contribution in [0.25, 0.3) is 0 Å². The fraction of sp³-hybridized carbons (Fsp3) is 0.857. The molecule has 0 bridgehead atoms. The zero-order valence-electron chi connectivity index (χ0n) is 8.10. The van der Waals surface area contributed by atoms with Crippen LogP contribution in [0, 0.1) is 5.92 Å². The molecule has 1 saturated carbocycles. The molecule has 9 heteroatoms. The van der Waals surface area contributed by atoms with Crippen molar-refractivity contribution >= 4 is 51.4 Å². The zero-order chi connectivity index (χ0) is 12.6. The highest BCUT2D eigenvalue weighted by Crippen LogP contribution is 2.47. The molecule has 3 unspecified atom stereocenters. The lowest BCUT2D eigenvalue weighted by Gasteiger charge is -2.23. The lowest BCUT2D eigenvalue weighted by molar-refractivity contribution is -0.130. The topological polar surface area (TPSA) is 69.7 Å². The first-order valence-electron chi connectivity index (χ1n) is 4.19. The molecule has 0 saturated heterocycles. The van der Waals surface area contributed by atoms with Crippen molar-refractivity contribution < 1.29 is 22.1 Å². The highest BCUT2D eigenvalue weighted by Gasteiger charge is 2.54. The van der Waals surface area contributed by atoms with Crippen LogP contribution in [0.5, 0.6) is 0 Å². The van der Waals surface area contributed by atoms with Gasteiger partial charge >= 0.3 is 0 Å². The second kappa shape index (κ2) is 4.86. The Morgan fingerprint density at radius 1 is 1.44 bits per heavy atom. The van der Waals surface area contributed by atoms with Gasteiger partial charge in [-0.15, -0.1) is 0 Å². The van der Waals surface area contributed by atoms with Crippen LogP contribution in [0.4, 0.5) is 0 Å². The lowest BCUT2D eigenvalue weighted by atomic mass is 10.2. The summed E-state index contributed by atoms with van der Waals surface area (Å²) in [6, 6.07) is 0. The maximum absolute atomic E-state index is 11.0. The molecule has 1 rings (SSSR count). The van der Waals surface area contributed by atoms with Gasteiger partial charge < -0.3 is 4.74 Å². The lowest BCUT2D eigenvalue weighted by Crippen LogP contribution is -2.34. The van der Waals surface area contributed by atoms with Gasteiger partial charge in [0.25, 0.3) is 16.6 Å². The minimum absolute atomic E-state index is 0.264. The second-order valence-electron chi connectivity index (χ2n) is 3.43. The number of carbonyl (C=O) groups excluding carboxylic acids is 1. The molecule has 5 nitrogen and oxygen atoms in total. The van der Waals surface area contributed by atoms with Crippen LogP contribution in [0.1, 0.15) is 6.42 Å². The van der Waals surface area contributed by atoms with Gasteiger partial charge in [0.15, 0.2) is 0 Å². The molecule has 0 N–H and O–H groups in total. The summed E-state index contributed by atoms with van der Waals surface area (Å²) in [4.78, 5) is 10.1. The van der Waals surface area contributed by atoms with E-state index in [4.69, 9.17) is 34.8 Å². The van der Waals surface area contributed by atoms with Gasteiger partial charge in [-0.05, 0) is 6.42 Å². The van der Waals surface area contributed by atoms with Crippen LogP contribution in [0.2, 0.25) is 0 Å². The third-order valence-corrected chi connectivity index (χ3v) is 3.20. The molecule has 1 fully saturated rings. The van der Waals surface area contributed by atoms with E-state index in [2.05, 4.69) is 8.92 Å². The Labute approximate surface area is 108 Å². The van der Waals surface area contributed by atoms with E-state index in [1.165, 1.54) is 0 Å². The van der Waals surface area contributed by atoms with Gasteiger partial charge in [0.2, 0.25) is 3.79 Å². The van der Waals surface area contributed by atoms with Crippen molar-refractivity contribution in [1.82, 2.24) is 0 Å². The standard InChI is InChI=1S/C7H9Cl3O5S/c1-16(12,13)15-6(7(8,9)10)4-2-5(4)14-3-11/h3-6H,2H2,1H3. The van der Waals surface area contributed by atoms with Crippen molar-refractivity contribution in [2.24, 2.45) is 5.92 Å². The normalized spacial score (nSPS) is 27.2. The van der Waals surface area contributed by atoms with Crippen molar-refractivity contribution in [2.45, 2.75) is 22.4 Å². The minimum atomic E-state index is -3.75. The van der Waals surface area contributed by atoms with Crippen LogP contribution in [-0.4, -0.2) is 37.1 Å². The molecule has 94 valence electrons. The number of carbonyl (C=O) groups is 1. The van der Waals surface area contributed by atoms with E-state index < -0.39 is 32.0 Å². The molecule has 0 amide bonds. The fourth-order valence-corrected chi connectivity index (χ4v) is 2.73. The molecule has 3 atom stereocenters. The number of ether oxygens (including phenoxy) is 1. The van der Waals surface area contributed by atoms with Gasteiger partial charge in [0.05, 0.1) is 6.26 Å². The summed E-state index contributed by atoms with van der Waals surface area (Å²) in [5.41, 5.74) is 0. The summed E-state index contributed by atoms with van der Waals surface area (Å²) in [6.45, 7) is 0.264. The van der Waals surface area contributed by atoms with Crippen molar-refractivity contribution in [3.63, 3.8) is 0 Å². The van der Waals surface area contributed by atoms with E-state index in [-0.39, 0.29) is 6.47 Å². The predicted octanol–water partition coefficient (Wildman–Crippen LogP) is 1.26. The quantitative estimate of drug-likeness (QED) is 0.434. The van der Waals surface area contributed by atoms with Crippen LogP contribution < -0.4 is 0 Å². The fourth-order valence-electron chi connectivity index (χ4n) is 1.29. The van der Waals surface area contributed by atoms with E-state index >= 15 is 0 Å². The van der Waals surface area contributed by atoms with Crippen molar-refractivity contribution in [3.8, 4) is 0 Å². The number of rotatable bonds is 5. The third kappa shape index (κ3) is 4.25. The van der Waals surface area contributed by atoms with Gasteiger partial charge in [-0.1, -0.05) is 34.8 Å². The molecule has 1 aliphatic carbocycles. The van der Waals surface area contributed by atoms with E-state index in [1.807, 2.05) is 0 Å². The largest absolute Gasteiger partial charge is 0.464 e. The van der Waals surface area contributed by atoms with Gasteiger partial charge in [-0.25, -0.2) is 0 Å². The summed E-state index contributed by atoms with van der Waals surface area (Å²) in [6.07, 6.45) is -0.348. The predicted molar refractivity (Wildman–Crippen MR) is 59.1 cm³/mol. The average Bonchev–Trinajstić information content (AvgIpc) is 2.77. The highest BCUT2D eigenvalue weighted by molar-refractivity contribution is 7.86. The molecule has 0 radical (unpaired) electrons. The van der Waals surface area contributed by atoms with Crippen LogP contribution >= 0.6 is 34.8 Å². The minimum Gasteiger partial charge on any atom is -0.464 e. The Kier molecular flexibility index (Phi) is 4.34. The van der Waals surface area contributed by atoms with Crippen LogP contribution in [-0.2, 0) is 23.8 Å². The van der Waals surface area contributed by atoms with E-state index in [0.29, 0.717) is 6.42 Å². The molecule has 1 aliphatic rings. The first-order chi connectivity index (χ1) is 7.15. The number of halogens is 3. The number of hydrogen-bond donors (Lipinski definition) is 0. The Bertz CT molecular complexity index is 363. The molecule has 0 aliphatic heterocycles. The SMILES string of the molecule is CS(=O)(=O)OC(C1CC1OC=O)C(Cl)(Cl)Cl. The Morgan fingerprint density at radius 3 is 2.38 bits per heavy atom. The monoisotopic (exact) mass is 310 g/mol. The summed E-state index contributed by atoms with van der Waals surface area (Å²) in [5.74, 6) is -0.424. The van der Waals surface area contributed by atoms with E-state index in [0.717, 1.165) is 6.26 Å². The maximum atomic E-state index is 11.0. The summed E-state index contributed by atoms with van der Waals surface area (Å²) >= 11 is 16.8. The smallest absolute Gasteiger partial charge is 0.293 e. The molecule has 0 aromatic carbocycles. The van der Waals surface area contributed by atoms with Gasteiger partial charge in [-0.3, -0.25) is 8.98 Å². The molecular formula is C7H9Cl3O5S. The van der Waals surface area contributed by atoms with Crippen LogP contribution in [0.15, 0.2) is 0 Å². The third-order valence-electron chi connectivity index (χ3n) is 2.00. The average molecular weight is 312 g/mol. The van der Waals surface area contributed by atoms with Crippen molar-refractivity contribution in [3.05, 3.63) is 0 Å². The number of hydrogen-bond acceptors (Lipinski definition) is 5. The summed E-state index contributed by atoms with van der Waals surface area (Å²) in [7, 11) is -3.75. The van der Waals surface area contributed by atoms with Gasteiger partial charge in [0.1, 0.15) is 12.2 Å². The van der Waals surface area contributed by atoms with Gasteiger partial charge in [0, 0.05) is 5.92 Å². The molecule has 0 spiro atoms. The molecule has 0 heterocycles. The van der Waals surface area contributed by atoms with E-state index in [1.54, 1.807) is 0 Å². The van der Waals surface area contributed by atoms with Crippen molar-refractivity contribution in [1.29, 1.82) is 0 Å². The summed E-state index contributed by atoms with van der Waals surface area (Å²) in [5, 5.41) is 0. The summed E-state index contributed by atoms with van der Waals surface area (Å²) < 4.78 is 29.4. The van der Waals surface area contributed by atoms with Crippen LogP contribution in [0.3, 0.4) is 0 Å². The first kappa shape index (κ1) is 14.3. The second-order valence-corrected chi connectivity index (χ2v) is 7.40. The Morgan fingerprint density at radius 2 is 2.00 bits per heavy atom. The first-order valence-corrected chi connectivity index (χ1v) is 7.14. The van der Waals surface area contributed by atoms with Gasteiger partial charge in [-0.2, -0.15) is 8.42 Å². The Balaban J connectivity index is 2.72. The Hall–Kier alpha value is 0.250. The highest BCUT2D eigenvalue weighted by atomic mass is 35.6.